The Kier molecular flexibility index (Phi) is 8.05. The van der Waals surface area contributed by atoms with Gasteiger partial charge in [-0.15, -0.1) is 35.3 Å². The monoisotopic (exact) mass is 461 g/mol. The van der Waals surface area contributed by atoms with Crippen molar-refractivity contribution in [1.29, 1.82) is 0 Å². The lowest BCUT2D eigenvalue weighted by Crippen LogP contribution is -2.36. The second-order valence-electron chi connectivity index (χ2n) is 4.96. The molecule has 2 aromatic rings. The van der Waals surface area contributed by atoms with E-state index >= 15 is 0 Å². The highest BCUT2D eigenvalue weighted by molar-refractivity contribution is 14.0. The number of aliphatic imine (C=N–C) groups is 1. The van der Waals surface area contributed by atoms with Gasteiger partial charge in [0.1, 0.15) is 5.01 Å². The predicted molar refractivity (Wildman–Crippen MR) is 107 cm³/mol. The molecule has 130 valence electrons. The third kappa shape index (κ3) is 5.71. The van der Waals surface area contributed by atoms with E-state index in [9.17, 15) is 10.1 Å². The summed E-state index contributed by atoms with van der Waals surface area (Å²) in [5.41, 5.74) is 1.95. The highest BCUT2D eigenvalue weighted by Gasteiger charge is 2.07. The minimum Gasteiger partial charge on any atom is -0.352 e. The largest absolute Gasteiger partial charge is 0.352 e. The summed E-state index contributed by atoms with van der Waals surface area (Å²) >= 11 is 1.66. The van der Waals surface area contributed by atoms with Crippen molar-refractivity contribution in [3.63, 3.8) is 0 Å². The second-order valence-corrected chi connectivity index (χ2v) is 6.24. The number of nitrogens with zero attached hydrogens (tertiary/aromatic N) is 3. The van der Waals surface area contributed by atoms with E-state index in [1.165, 1.54) is 10.9 Å². The fourth-order valence-corrected chi connectivity index (χ4v) is 2.83. The number of thiazole rings is 1. The number of benzene rings is 1. The van der Waals surface area contributed by atoms with Crippen LogP contribution >= 0.6 is 35.3 Å². The molecule has 0 saturated heterocycles. The molecule has 0 unspecified atom stereocenters. The lowest BCUT2D eigenvalue weighted by atomic mass is 10.2. The number of aryl methyl sites for hydroxylation is 2. The summed E-state index contributed by atoms with van der Waals surface area (Å²) in [4.78, 5) is 20.2. The van der Waals surface area contributed by atoms with Crippen molar-refractivity contribution in [2.45, 2.75) is 26.9 Å². The van der Waals surface area contributed by atoms with E-state index in [0.29, 0.717) is 19.0 Å². The highest BCUT2D eigenvalue weighted by atomic mass is 127. The summed E-state index contributed by atoms with van der Waals surface area (Å²) in [6.45, 7) is 5.09. The minimum absolute atomic E-state index is 0. The van der Waals surface area contributed by atoms with E-state index in [1.807, 2.05) is 19.9 Å². The van der Waals surface area contributed by atoms with E-state index in [1.54, 1.807) is 30.5 Å². The van der Waals surface area contributed by atoms with Crippen molar-refractivity contribution >= 4 is 47.0 Å². The Hall–Kier alpha value is -1.75. The molecule has 0 spiro atoms. The van der Waals surface area contributed by atoms with Crippen LogP contribution in [0, 0.1) is 24.0 Å². The molecular formula is C15H20IN5O2S. The van der Waals surface area contributed by atoms with E-state index < -0.39 is 4.92 Å². The molecule has 0 saturated carbocycles. The van der Waals surface area contributed by atoms with Gasteiger partial charge in [0.2, 0.25) is 0 Å². The number of nitro benzene ring substituents is 1. The van der Waals surface area contributed by atoms with Crippen molar-refractivity contribution in [1.82, 2.24) is 15.6 Å². The van der Waals surface area contributed by atoms with Crippen LogP contribution in [0.5, 0.6) is 0 Å². The Bertz CT molecular complexity index is 713. The highest BCUT2D eigenvalue weighted by Crippen LogP contribution is 2.16. The first-order valence-corrected chi connectivity index (χ1v) is 7.92. The van der Waals surface area contributed by atoms with Crippen molar-refractivity contribution in [2.24, 2.45) is 4.99 Å². The lowest BCUT2D eigenvalue weighted by Gasteiger charge is -2.10. The van der Waals surface area contributed by atoms with E-state index in [0.717, 1.165) is 16.3 Å². The zero-order valence-electron chi connectivity index (χ0n) is 13.7. The number of non-ortho nitro benzene ring substituents is 1. The van der Waals surface area contributed by atoms with Crippen LogP contribution in [-0.2, 0) is 13.1 Å². The van der Waals surface area contributed by atoms with Gasteiger partial charge in [0, 0.05) is 30.6 Å². The molecule has 24 heavy (non-hydrogen) atoms. The Morgan fingerprint density at radius 1 is 1.33 bits per heavy atom. The maximum absolute atomic E-state index is 10.8. The summed E-state index contributed by atoms with van der Waals surface area (Å²) in [7, 11) is 1.68. The number of hydrogen-bond donors (Lipinski definition) is 2. The number of aromatic nitrogens is 1. The maximum atomic E-state index is 10.8. The van der Waals surface area contributed by atoms with Crippen LogP contribution < -0.4 is 10.6 Å². The van der Waals surface area contributed by atoms with Crippen LogP contribution in [0.2, 0.25) is 0 Å². The van der Waals surface area contributed by atoms with E-state index in [4.69, 9.17) is 0 Å². The predicted octanol–water partition coefficient (Wildman–Crippen LogP) is 3.15. The third-order valence-electron chi connectivity index (χ3n) is 3.28. The van der Waals surface area contributed by atoms with Gasteiger partial charge < -0.3 is 10.6 Å². The molecule has 0 aliphatic rings. The molecule has 7 nitrogen and oxygen atoms in total. The van der Waals surface area contributed by atoms with E-state index in [2.05, 4.69) is 20.6 Å². The summed E-state index contributed by atoms with van der Waals surface area (Å²) < 4.78 is 0. The van der Waals surface area contributed by atoms with Crippen LogP contribution in [-0.4, -0.2) is 22.9 Å². The average Bonchev–Trinajstić information content (AvgIpc) is 2.86. The molecule has 1 aromatic carbocycles. The number of nitrogens with one attached hydrogen (secondary N) is 2. The third-order valence-corrected chi connectivity index (χ3v) is 4.36. The molecular weight excluding hydrogens is 441 g/mol. The number of hydrogen-bond acceptors (Lipinski definition) is 5. The number of halogens is 1. The second kappa shape index (κ2) is 9.52. The molecule has 2 N–H and O–H groups in total. The van der Waals surface area contributed by atoms with Gasteiger partial charge >= 0.3 is 0 Å². The van der Waals surface area contributed by atoms with Crippen LogP contribution in [0.4, 0.5) is 5.69 Å². The summed E-state index contributed by atoms with van der Waals surface area (Å²) in [6.07, 6.45) is 0. The minimum atomic E-state index is -0.399. The van der Waals surface area contributed by atoms with Crippen LogP contribution in [0.25, 0.3) is 0 Å². The quantitative estimate of drug-likeness (QED) is 0.235. The molecule has 1 aromatic heterocycles. The van der Waals surface area contributed by atoms with Gasteiger partial charge in [0.05, 0.1) is 17.2 Å². The Morgan fingerprint density at radius 2 is 2.04 bits per heavy atom. The van der Waals surface area contributed by atoms with Crippen molar-refractivity contribution in [2.75, 3.05) is 7.05 Å². The molecule has 9 heteroatoms. The van der Waals surface area contributed by atoms with Crippen LogP contribution in [0.3, 0.4) is 0 Å². The summed E-state index contributed by atoms with van der Waals surface area (Å²) in [5, 5.41) is 18.1. The molecule has 0 radical (unpaired) electrons. The van der Waals surface area contributed by atoms with Gasteiger partial charge in [-0.05, 0) is 19.4 Å². The van der Waals surface area contributed by atoms with E-state index in [-0.39, 0.29) is 29.7 Å². The molecule has 1 heterocycles. The first-order chi connectivity index (χ1) is 11.0. The topological polar surface area (TPSA) is 92.5 Å². The normalized spacial score (nSPS) is 10.9. The number of guanidine groups is 1. The Labute approximate surface area is 161 Å². The standard InChI is InChI=1S/C15H19N5O2S.HI/c1-10-11(2)23-14(19-10)9-18-15(16-3)17-8-12-5-4-6-13(7-12)20(21)22;/h4-7H,8-9H2,1-3H3,(H2,16,17,18);1H. The van der Waals surface area contributed by atoms with Crippen molar-refractivity contribution in [3.8, 4) is 0 Å². The maximum Gasteiger partial charge on any atom is 0.269 e. The summed E-state index contributed by atoms with van der Waals surface area (Å²) in [6, 6.07) is 6.53. The van der Waals surface area contributed by atoms with Gasteiger partial charge in [-0.25, -0.2) is 4.98 Å². The van der Waals surface area contributed by atoms with Crippen molar-refractivity contribution < 1.29 is 4.92 Å². The van der Waals surface area contributed by atoms with Gasteiger partial charge in [0.15, 0.2) is 5.96 Å². The fourth-order valence-electron chi connectivity index (χ4n) is 1.96. The Morgan fingerprint density at radius 3 is 2.62 bits per heavy atom. The van der Waals surface area contributed by atoms with Crippen LogP contribution in [0.15, 0.2) is 29.3 Å². The lowest BCUT2D eigenvalue weighted by molar-refractivity contribution is -0.384. The fraction of sp³-hybridized carbons (Fsp3) is 0.333. The molecule has 0 aliphatic heterocycles. The SMILES string of the molecule is CN=C(NCc1cccc([N+](=O)[O-])c1)NCc1nc(C)c(C)s1.I. The number of rotatable bonds is 5. The van der Waals surface area contributed by atoms with Crippen molar-refractivity contribution in [3.05, 3.63) is 55.5 Å². The zero-order valence-corrected chi connectivity index (χ0v) is 16.8. The molecule has 0 fully saturated rings. The number of nitro groups is 1. The van der Waals surface area contributed by atoms with Gasteiger partial charge in [-0.3, -0.25) is 15.1 Å². The Balaban J connectivity index is 0.00000288. The smallest absolute Gasteiger partial charge is 0.269 e. The first-order valence-electron chi connectivity index (χ1n) is 7.10. The average molecular weight is 461 g/mol. The van der Waals surface area contributed by atoms with Crippen LogP contribution in [0.1, 0.15) is 21.1 Å². The first kappa shape index (κ1) is 20.3. The molecule has 0 bridgehead atoms. The molecule has 0 amide bonds. The summed E-state index contributed by atoms with van der Waals surface area (Å²) in [5.74, 6) is 0.627. The molecule has 0 atom stereocenters. The van der Waals surface area contributed by atoms with Gasteiger partial charge in [0.25, 0.3) is 5.69 Å². The molecule has 0 aliphatic carbocycles. The van der Waals surface area contributed by atoms with Gasteiger partial charge in [-0.1, -0.05) is 12.1 Å². The molecule has 2 rings (SSSR count). The van der Waals surface area contributed by atoms with Gasteiger partial charge in [-0.2, -0.15) is 0 Å². The zero-order chi connectivity index (χ0) is 16.8.